The van der Waals surface area contributed by atoms with Crippen molar-refractivity contribution in [2.24, 2.45) is 13.0 Å². The predicted octanol–water partition coefficient (Wildman–Crippen LogP) is 4.09. The van der Waals surface area contributed by atoms with E-state index in [-0.39, 0.29) is 23.8 Å². The summed E-state index contributed by atoms with van der Waals surface area (Å²) in [4.78, 5) is 17.5. The van der Waals surface area contributed by atoms with E-state index in [2.05, 4.69) is 10.3 Å². The number of hydrogen-bond acceptors (Lipinski definition) is 3. The second-order valence-corrected chi connectivity index (χ2v) is 7.49. The van der Waals surface area contributed by atoms with Crippen LogP contribution in [-0.2, 0) is 11.8 Å². The number of aryl methyl sites for hydroxylation is 1. The molecule has 0 saturated heterocycles. The fraction of sp³-hybridized carbons (Fsp3) is 0.273. The highest BCUT2D eigenvalue weighted by atomic mass is 35.5. The van der Waals surface area contributed by atoms with Crippen LogP contribution in [0.4, 0.5) is 0 Å². The normalized spacial score (nSPS) is 19.1. The first-order valence-electron chi connectivity index (χ1n) is 9.24. The van der Waals surface area contributed by atoms with E-state index in [4.69, 9.17) is 16.3 Å². The minimum atomic E-state index is -0.352. The van der Waals surface area contributed by atoms with Crippen LogP contribution in [0.15, 0.2) is 60.9 Å². The predicted molar refractivity (Wildman–Crippen MR) is 108 cm³/mol. The molecule has 2 aromatic carbocycles. The van der Waals surface area contributed by atoms with Gasteiger partial charge < -0.3 is 14.6 Å². The molecule has 1 N–H and O–H groups in total. The number of aromatic nitrogens is 2. The molecule has 1 aromatic heterocycles. The third-order valence-electron chi connectivity index (χ3n) is 5.26. The zero-order chi connectivity index (χ0) is 19.7. The second-order valence-electron chi connectivity index (χ2n) is 7.08. The maximum absolute atomic E-state index is 13.0. The van der Waals surface area contributed by atoms with Crippen LogP contribution in [0.1, 0.15) is 35.3 Å². The number of hydrogen-bond donors (Lipinski definition) is 1. The molecule has 4 rings (SSSR count). The smallest absolute Gasteiger partial charge is 0.224 e. The molecule has 1 amide bonds. The van der Waals surface area contributed by atoms with Gasteiger partial charge in [-0.05, 0) is 41.7 Å². The van der Waals surface area contributed by atoms with Gasteiger partial charge in [0.25, 0.3) is 0 Å². The van der Waals surface area contributed by atoms with Crippen molar-refractivity contribution in [2.45, 2.75) is 18.4 Å². The molecule has 0 radical (unpaired) electrons. The summed E-state index contributed by atoms with van der Waals surface area (Å²) in [6, 6.07) is 15.1. The molecule has 5 nitrogen and oxygen atoms in total. The van der Waals surface area contributed by atoms with E-state index in [0.29, 0.717) is 0 Å². The number of amides is 1. The summed E-state index contributed by atoms with van der Waals surface area (Å²) in [5.41, 5.74) is 1.97. The van der Waals surface area contributed by atoms with Crippen LogP contribution >= 0.6 is 11.6 Å². The van der Waals surface area contributed by atoms with E-state index in [9.17, 15) is 4.79 Å². The summed E-state index contributed by atoms with van der Waals surface area (Å²) in [5.74, 6) is 1.62. The number of nitrogens with one attached hydrogen (secondary N) is 1. The zero-order valence-corrected chi connectivity index (χ0v) is 16.6. The number of nitrogens with zero attached hydrogens (tertiary/aromatic N) is 2. The lowest BCUT2D eigenvalue weighted by molar-refractivity contribution is -0.123. The van der Waals surface area contributed by atoms with E-state index in [0.717, 1.165) is 34.1 Å². The summed E-state index contributed by atoms with van der Waals surface area (Å²) in [6.45, 7) is 0. The van der Waals surface area contributed by atoms with Crippen molar-refractivity contribution in [1.29, 1.82) is 0 Å². The van der Waals surface area contributed by atoms with Crippen LogP contribution in [0.2, 0.25) is 5.02 Å². The molecule has 0 spiro atoms. The quantitative estimate of drug-likeness (QED) is 0.683. The molecule has 1 fully saturated rings. The van der Waals surface area contributed by atoms with E-state index in [1.54, 1.807) is 13.3 Å². The van der Waals surface area contributed by atoms with E-state index in [1.807, 2.05) is 66.3 Å². The molecule has 1 aliphatic carbocycles. The Balaban J connectivity index is 1.57. The highest BCUT2D eigenvalue weighted by molar-refractivity contribution is 6.31. The van der Waals surface area contributed by atoms with Crippen LogP contribution in [0.25, 0.3) is 0 Å². The van der Waals surface area contributed by atoms with Gasteiger partial charge in [-0.3, -0.25) is 4.79 Å². The van der Waals surface area contributed by atoms with Crippen molar-refractivity contribution in [2.75, 3.05) is 7.11 Å². The molecule has 144 valence electrons. The number of rotatable bonds is 6. The van der Waals surface area contributed by atoms with Gasteiger partial charge in [0.05, 0.1) is 7.11 Å². The SMILES string of the molecule is COc1cccc(C(NC(=O)C2CC2c2ccccc2Cl)c2nccn2C)c1. The molecule has 3 atom stereocenters. The van der Waals surface area contributed by atoms with Gasteiger partial charge in [-0.15, -0.1) is 0 Å². The van der Waals surface area contributed by atoms with Gasteiger partial charge >= 0.3 is 0 Å². The largest absolute Gasteiger partial charge is 0.497 e. The fourth-order valence-electron chi connectivity index (χ4n) is 3.63. The van der Waals surface area contributed by atoms with Crippen LogP contribution < -0.4 is 10.1 Å². The minimum absolute atomic E-state index is 0.0146. The van der Waals surface area contributed by atoms with Gasteiger partial charge in [-0.2, -0.15) is 0 Å². The third kappa shape index (κ3) is 3.62. The van der Waals surface area contributed by atoms with Crippen molar-refractivity contribution in [3.63, 3.8) is 0 Å². The van der Waals surface area contributed by atoms with Crippen molar-refractivity contribution in [3.8, 4) is 5.75 Å². The van der Waals surface area contributed by atoms with Crippen LogP contribution in [-0.4, -0.2) is 22.6 Å². The Morgan fingerprint density at radius 3 is 2.82 bits per heavy atom. The molecule has 0 bridgehead atoms. The summed E-state index contributed by atoms with van der Waals surface area (Å²) >= 11 is 6.31. The monoisotopic (exact) mass is 395 g/mol. The van der Waals surface area contributed by atoms with Gasteiger partial charge in [-0.1, -0.05) is 41.9 Å². The molecular weight excluding hydrogens is 374 g/mol. The second kappa shape index (κ2) is 7.68. The fourth-order valence-corrected chi connectivity index (χ4v) is 3.90. The lowest BCUT2D eigenvalue weighted by Gasteiger charge is -2.20. The van der Waals surface area contributed by atoms with E-state index < -0.39 is 0 Å². The summed E-state index contributed by atoms with van der Waals surface area (Å²) in [5, 5.41) is 3.91. The average Bonchev–Trinajstić information content (AvgIpc) is 3.40. The van der Waals surface area contributed by atoms with E-state index in [1.165, 1.54) is 0 Å². The van der Waals surface area contributed by atoms with Crippen molar-refractivity contribution < 1.29 is 9.53 Å². The van der Waals surface area contributed by atoms with Gasteiger partial charge in [0.15, 0.2) is 0 Å². The Morgan fingerprint density at radius 1 is 1.29 bits per heavy atom. The average molecular weight is 396 g/mol. The maximum Gasteiger partial charge on any atom is 0.224 e. The highest BCUT2D eigenvalue weighted by Crippen LogP contribution is 2.49. The Morgan fingerprint density at radius 2 is 2.11 bits per heavy atom. The number of methoxy groups -OCH3 is 1. The van der Waals surface area contributed by atoms with E-state index >= 15 is 0 Å². The standard InChI is InChI=1S/C22H22ClN3O2/c1-26-11-10-24-21(26)20(14-6-5-7-15(12-14)28-2)25-22(27)18-13-17(18)16-8-3-4-9-19(16)23/h3-12,17-18,20H,13H2,1-2H3,(H,25,27). The molecule has 0 aliphatic heterocycles. The van der Waals surface area contributed by atoms with Gasteiger partial charge in [-0.25, -0.2) is 4.98 Å². The Bertz CT molecular complexity index is 1000. The minimum Gasteiger partial charge on any atom is -0.497 e. The lowest BCUT2D eigenvalue weighted by Crippen LogP contribution is -2.32. The maximum atomic E-state index is 13.0. The number of benzene rings is 2. The molecule has 28 heavy (non-hydrogen) atoms. The summed E-state index contributed by atoms with van der Waals surface area (Å²) < 4.78 is 7.27. The Labute approximate surface area is 169 Å². The molecular formula is C22H22ClN3O2. The molecule has 3 aromatic rings. The summed E-state index contributed by atoms with van der Waals surface area (Å²) in [6.07, 6.45) is 4.41. The Kier molecular flexibility index (Phi) is 5.09. The number of carbonyl (C=O) groups excluding carboxylic acids is 1. The van der Waals surface area contributed by atoms with Crippen molar-refractivity contribution in [1.82, 2.24) is 14.9 Å². The lowest BCUT2D eigenvalue weighted by atomic mass is 10.0. The molecule has 1 heterocycles. The van der Waals surface area contributed by atoms with Crippen LogP contribution in [0.3, 0.4) is 0 Å². The third-order valence-corrected chi connectivity index (χ3v) is 5.61. The van der Waals surface area contributed by atoms with Gasteiger partial charge in [0.2, 0.25) is 5.91 Å². The topological polar surface area (TPSA) is 56.1 Å². The number of ether oxygens (including phenoxy) is 1. The number of imidazole rings is 1. The first-order valence-corrected chi connectivity index (χ1v) is 9.62. The summed E-state index contributed by atoms with van der Waals surface area (Å²) in [7, 11) is 3.55. The van der Waals surface area contributed by atoms with Crippen molar-refractivity contribution >= 4 is 17.5 Å². The number of carbonyl (C=O) groups is 1. The van der Waals surface area contributed by atoms with Crippen LogP contribution in [0, 0.1) is 5.92 Å². The Hall–Kier alpha value is -2.79. The number of halogens is 1. The highest BCUT2D eigenvalue weighted by Gasteiger charge is 2.45. The molecule has 1 aliphatic rings. The van der Waals surface area contributed by atoms with Crippen molar-refractivity contribution in [3.05, 3.63) is 82.9 Å². The first-order chi connectivity index (χ1) is 13.6. The molecule has 6 heteroatoms. The van der Waals surface area contributed by atoms with Crippen LogP contribution in [0.5, 0.6) is 5.75 Å². The zero-order valence-electron chi connectivity index (χ0n) is 15.8. The van der Waals surface area contributed by atoms with Gasteiger partial charge in [0, 0.05) is 30.4 Å². The molecule has 1 saturated carbocycles. The molecule has 3 unspecified atom stereocenters. The van der Waals surface area contributed by atoms with Gasteiger partial charge in [0.1, 0.15) is 17.6 Å². The first kappa shape index (κ1) is 18.6.